The Morgan fingerprint density at radius 2 is 1.93 bits per heavy atom. The number of nitrogens with one attached hydrogen (secondary N) is 2. The minimum absolute atomic E-state index is 0.00723. The smallest absolute Gasteiger partial charge is 0.404 e. The van der Waals surface area contributed by atoms with Crippen LogP contribution in [-0.2, 0) is 25.4 Å². The summed E-state index contributed by atoms with van der Waals surface area (Å²) in [6, 6.07) is 10.6. The first-order chi connectivity index (χ1) is 21.3. The Labute approximate surface area is 269 Å². The minimum atomic E-state index is -1.35. The maximum Gasteiger partial charge on any atom is 0.481 e. The topological polar surface area (TPSA) is 111 Å². The SMILES string of the molecule is CC(C)C[C@H](NC(=O)C1(Cc2ccccc2)CC(CNC(=O)c2cc(F)cnc2Cl)=NO1)B1O[C@@H]2C[C@@H]3C[C@@H](C3(C)C)[C@]2(C)O1. The van der Waals surface area contributed by atoms with Crippen molar-refractivity contribution in [2.45, 2.75) is 90.0 Å². The van der Waals surface area contributed by atoms with Crippen molar-refractivity contribution in [2.24, 2.45) is 28.3 Å². The molecule has 2 bridgehead atoms. The summed E-state index contributed by atoms with van der Waals surface area (Å²) in [7, 11) is -0.582. The maximum atomic E-state index is 14.3. The summed E-state index contributed by atoms with van der Waals surface area (Å²) in [6.07, 6.45) is 4.10. The van der Waals surface area contributed by atoms with Crippen LogP contribution >= 0.6 is 11.6 Å². The molecular weight excluding hydrogens is 598 g/mol. The number of rotatable bonds is 10. The van der Waals surface area contributed by atoms with Gasteiger partial charge in [0, 0.05) is 12.8 Å². The van der Waals surface area contributed by atoms with Crippen molar-refractivity contribution in [3.63, 3.8) is 0 Å². The van der Waals surface area contributed by atoms with E-state index in [0.29, 0.717) is 24.0 Å². The molecule has 3 aliphatic carbocycles. The van der Waals surface area contributed by atoms with Gasteiger partial charge in [-0.2, -0.15) is 0 Å². The Bertz CT molecular complexity index is 1490. The predicted molar refractivity (Wildman–Crippen MR) is 169 cm³/mol. The molecule has 9 nitrogen and oxygen atoms in total. The lowest BCUT2D eigenvalue weighted by molar-refractivity contribution is -0.199. The van der Waals surface area contributed by atoms with Crippen LogP contribution in [0.15, 0.2) is 47.8 Å². The summed E-state index contributed by atoms with van der Waals surface area (Å²) < 4.78 is 27.1. The van der Waals surface area contributed by atoms with Crippen LogP contribution in [0.4, 0.5) is 4.39 Å². The van der Waals surface area contributed by atoms with Crippen LogP contribution in [0.2, 0.25) is 5.15 Å². The second kappa shape index (κ2) is 12.0. The number of aromatic nitrogens is 1. The van der Waals surface area contributed by atoms with Crippen molar-refractivity contribution in [1.29, 1.82) is 0 Å². The lowest BCUT2D eigenvalue weighted by Crippen LogP contribution is -2.65. The van der Waals surface area contributed by atoms with E-state index in [1.807, 2.05) is 30.3 Å². The van der Waals surface area contributed by atoms with Crippen molar-refractivity contribution in [2.75, 3.05) is 6.54 Å². The van der Waals surface area contributed by atoms with Gasteiger partial charge in [0.2, 0.25) is 5.60 Å². The summed E-state index contributed by atoms with van der Waals surface area (Å²) in [4.78, 5) is 36.7. The molecule has 0 spiro atoms. The average Bonchev–Trinajstić information content (AvgIpc) is 3.58. The number of benzene rings is 1. The van der Waals surface area contributed by atoms with Crippen LogP contribution in [0, 0.1) is 29.0 Å². The molecule has 0 radical (unpaired) electrons. The van der Waals surface area contributed by atoms with E-state index in [1.54, 1.807) is 0 Å². The van der Waals surface area contributed by atoms with Crippen LogP contribution in [0.25, 0.3) is 0 Å². The van der Waals surface area contributed by atoms with E-state index in [2.05, 4.69) is 55.4 Å². The highest BCUT2D eigenvalue weighted by atomic mass is 35.5. The molecule has 1 aromatic heterocycles. The molecular formula is C33H41BClFN4O5. The Morgan fingerprint density at radius 3 is 2.64 bits per heavy atom. The lowest BCUT2D eigenvalue weighted by Gasteiger charge is -2.64. The summed E-state index contributed by atoms with van der Waals surface area (Å²) in [6.45, 7) is 11.0. The van der Waals surface area contributed by atoms with Gasteiger partial charge in [0.1, 0.15) is 11.0 Å². The van der Waals surface area contributed by atoms with Gasteiger partial charge in [0.05, 0.1) is 41.7 Å². The molecule has 3 heterocycles. The lowest BCUT2D eigenvalue weighted by atomic mass is 9.43. The first-order valence-electron chi connectivity index (χ1n) is 15.8. The number of nitrogens with zero attached hydrogens (tertiary/aromatic N) is 2. The molecule has 2 aromatic rings. The second-order valence-corrected chi connectivity index (χ2v) is 14.7. The van der Waals surface area contributed by atoms with E-state index in [4.69, 9.17) is 25.7 Å². The summed E-state index contributed by atoms with van der Waals surface area (Å²) in [5, 5.41) is 10.1. The Hall–Kier alpha value is -3.02. The molecule has 45 heavy (non-hydrogen) atoms. The summed E-state index contributed by atoms with van der Waals surface area (Å²) in [5.74, 6) is -0.719. The van der Waals surface area contributed by atoms with Crippen LogP contribution in [-0.4, -0.2) is 59.4 Å². The molecule has 2 amide bonds. The number of hydrogen-bond acceptors (Lipinski definition) is 7. The molecule has 6 atom stereocenters. The average molecular weight is 639 g/mol. The van der Waals surface area contributed by atoms with Crippen molar-refractivity contribution in [3.05, 3.63) is 64.7 Å². The molecule has 2 aliphatic heterocycles. The zero-order valence-corrected chi connectivity index (χ0v) is 27.2. The van der Waals surface area contributed by atoms with Gasteiger partial charge in [-0.05, 0) is 61.0 Å². The summed E-state index contributed by atoms with van der Waals surface area (Å²) >= 11 is 6.01. The molecule has 1 aromatic carbocycles. The number of carbonyl (C=O) groups is 2. The minimum Gasteiger partial charge on any atom is -0.404 e. The number of halogens is 2. The molecule has 5 aliphatic rings. The van der Waals surface area contributed by atoms with E-state index in [1.165, 1.54) is 0 Å². The van der Waals surface area contributed by atoms with Crippen molar-refractivity contribution < 1.29 is 28.1 Å². The van der Waals surface area contributed by atoms with Gasteiger partial charge in [-0.15, -0.1) is 0 Å². The first kappa shape index (κ1) is 31.9. The van der Waals surface area contributed by atoms with E-state index in [-0.39, 0.29) is 53.4 Å². The molecule has 1 saturated heterocycles. The molecule has 7 rings (SSSR count). The quantitative estimate of drug-likeness (QED) is 0.275. The van der Waals surface area contributed by atoms with E-state index >= 15 is 0 Å². The number of amides is 2. The standard InChI is InChI=1S/C33H41BClFN4O5/c1-19(2)11-27(34-43-26-13-21-12-25(31(21,3)4)32(26,5)44-34)39-30(42)33(15-20-9-7-6-8-10-20)16-23(40-45-33)18-38-29(41)24-14-22(36)17-37-28(24)35/h6-10,14,17,19,21,25-27H,11-13,15-16,18H2,1-5H3,(H,38,41)(H,39,42)/t21-,25-,26+,27-,32-,33?/m0/s1. The van der Waals surface area contributed by atoms with E-state index in [0.717, 1.165) is 30.7 Å². The zero-order valence-electron chi connectivity index (χ0n) is 26.4. The van der Waals surface area contributed by atoms with Gasteiger partial charge in [0.15, 0.2) is 0 Å². The van der Waals surface area contributed by atoms with Gasteiger partial charge in [0.25, 0.3) is 11.8 Å². The summed E-state index contributed by atoms with van der Waals surface area (Å²) in [5.41, 5.74) is -0.273. The highest BCUT2D eigenvalue weighted by molar-refractivity contribution is 6.48. The number of carbonyl (C=O) groups excluding carboxylic acids is 2. The fourth-order valence-electron chi connectivity index (χ4n) is 7.84. The van der Waals surface area contributed by atoms with Crippen molar-refractivity contribution >= 4 is 36.2 Å². The van der Waals surface area contributed by atoms with Crippen molar-refractivity contribution in [1.82, 2.24) is 15.6 Å². The van der Waals surface area contributed by atoms with Crippen LogP contribution in [0.5, 0.6) is 0 Å². The number of oxime groups is 1. The third-order valence-corrected chi connectivity index (χ3v) is 10.7. The third kappa shape index (κ3) is 5.99. The van der Waals surface area contributed by atoms with Gasteiger partial charge >= 0.3 is 7.12 Å². The van der Waals surface area contributed by atoms with Gasteiger partial charge in [-0.1, -0.05) is 74.8 Å². The fraction of sp³-hybridized carbons (Fsp3) is 0.576. The van der Waals surface area contributed by atoms with E-state index < -0.39 is 36.0 Å². The van der Waals surface area contributed by atoms with Gasteiger partial charge in [-0.3, -0.25) is 9.59 Å². The molecule has 4 fully saturated rings. The Balaban J connectivity index is 1.18. The van der Waals surface area contributed by atoms with Crippen molar-refractivity contribution in [3.8, 4) is 0 Å². The molecule has 3 saturated carbocycles. The largest absolute Gasteiger partial charge is 0.481 e. The Morgan fingerprint density at radius 1 is 1.18 bits per heavy atom. The number of hydrogen-bond donors (Lipinski definition) is 2. The Kier molecular flexibility index (Phi) is 8.50. The zero-order chi connectivity index (χ0) is 32.1. The van der Waals surface area contributed by atoms with Crippen LogP contribution in [0.3, 0.4) is 0 Å². The van der Waals surface area contributed by atoms with Gasteiger partial charge in [-0.25, -0.2) is 9.37 Å². The number of pyridine rings is 1. The molecule has 240 valence electrons. The van der Waals surface area contributed by atoms with Gasteiger partial charge < -0.3 is 24.8 Å². The van der Waals surface area contributed by atoms with Crippen LogP contribution < -0.4 is 10.6 Å². The maximum absolute atomic E-state index is 14.3. The first-order valence-corrected chi connectivity index (χ1v) is 16.2. The fourth-order valence-corrected chi connectivity index (χ4v) is 8.03. The molecule has 12 heteroatoms. The third-order valence-electron chi connectivity index (χ3n) is 10.4. The van der Waals surface area contributed by atoms with Crippen LogP contribution in [0.1, 0.15) is 76.2 Å². The second-order valence-electron chi connectivity index (χ2n) is 14.3. The predicted octanol–water partition coefficient (Wildman–Crippen LogP) is 5.16. The highest BCUT2D eigenvalue weighted by Gasteiger charge is 2.68. The molecule has 1 unspecified atom stereocenters. The molecule has 2 N–H and O–H groups in total. The highest BCUT2D eigenvalue weighted by Crippen LogP contribution is 2.65. The normalized spacial score (nSPS) is 30.2. The van der Waals surface area contributed by atoms with E-state index in [9.17, 15) is 14.0 Å². The monoisotopic (exact) mass is 638 g/mol.